The quantitative estimate of drug-likeness (QED) is 0.856. The molecule has 2 rings (SSSR count). The molecule has 0 spiro atoms. The highest BCUT2D eigenvalue weighted by Crippen LogP contribution is 2.24. The Labute approximate surface area is 131 Å². The molecule has 0 aromatic carbocycles. The second kappa shape index (κ2) is 6.58. The predicted molar refractivity (Wildman–Crippen MR) is 89.7 cm³/mol. The van der Waals surface area contributed by atoms with Crippen molar-refractivity contribution in [2.24, 2.45) is 7.05 Å². The van der Waals surface area contributed by atoms with Crippen molar-refractivity contribution in [2.45, 2.75) is 40.2 Å². The van der Waals surface area contributed by atoms with Crippen molar-refractivity contribution in [1.29, 1.82) is 0 Å². The second-order valence-electron chi connectivity index (χ2n) is 5.51. The molecule has 0 aliphatic rings. The van der Waals surface area contributed by atoms with E-state index in [9.17, 15) is 0 Å². The largest absolute Gasteiger partial charge is 0.311 e. The number of rotatable bonds is 5. The van der Waals surface area contributed by atoms with Crippen molar-refractivity contribution >= 4 is 28.7 Å². The van der Waals surface area contributed by atoms with Crippen molar-refractivity contribution in [3.05, 3.63) is 28.0 Å². The lowest BCUT2D eigenvalue weighted by molar-refractivity contribution is 0.604. The number of nitrogens with zero attached hydrogens (tertiary/aromatic N) is 3. The first-order chi connectivity index (χ1) is 9.93. The van der Waals surface area contributed by atoms with Gasteiger partial charge in [0.15, 0.2) is 5.65 Å². The number of aryl methyl sites for hydroxylation is 2. The molecule has 2 heterocycles. The normalized spacial score (nSPS) is 13.9. The van der Waals surface area contributed by atoms with Crippen molar-refractivity contribution < 1.29 is 0 Å². The summed E-state index contributed by atoms with van der Waals surface area (Å²) in [6.07, 6.45) is 3.23. The van der Waals surface area contributed by atoms with E-state index in [-0.39, 0.29) is 0 Å². The topological polar surface area (TPSA) is 42.7 Å². The summed E-state index contributed by atoms with van der Waals surface area (Å²) in [4.78, 5) is 4.47. The number of hydrogen-bond donors (Lipinski definition) is 1. The van der Waals surface area contributed by atoms with Crippen molar-refractivity contribution in [2.75, 3.05) is 6.54 Å². The highest BCUT2D eigenvalue weighted by Gasteiger charge is 2.11. The Hall–Kier alpha value is -1.39. The van der Waals surface area contributed by atoms with Gasteiger partial charge in [0, 0.05) is 24.0 Å². The van der Waals surface area contributed by atoms with Gasteiger partial charge in [-0.1, -0.05) is 30.2 Å². The standard InChI is InChI=1S/C16H23ClN4/c1-6-7-18-11(3)10(2)8-13-9-14-12(4)20-21(5)16(14)19-15(13)17/h8-9,11,18H,6-7H2,1-5H3/b10-8+. The molecule has 0 aliphatic carbocycles. The molecule has 2 aromatic rings. The van der Waals surface area contributed by atoms with Crippen LogP contribution in [0.1, 0.15) is 38.4 Å². The van der Waals surface area contributed by atoms with Crippen LogP contribution in [0.4, 0.5) is 0 Å². The number of aromatic nitrogens is 3. The van der Waals surface area contributed by atoms with Crippen LogP contribution >= 0.6 is 11.6 Å². The number of halogens is 1. The van der Waals surface area contributed by atoms with E-state index in [1.54, 1.807) is 4.68 Å². The van der Waals surface area contributed by atoms with Crippen LogP contribution in [0.25, 0.3) is 17.1 Å². The maximum atomic E-state index is 6.32. The third-order valence-corrected chi connectivity index (χ3v) is 4.05. The summed E-state index contributed by atoms with van der Waals surface area (Å²) in [5.41, 5.74) is 3.99. The number of pyridine rings is 1. The average molecular weight is 307 g/mol. The third kappa shape index (κ3) is 3.44. The van der Waals surface area contributed by atoms with Gasteiger partial charge in [-0.15, -0.1) is 0 Å². The van der Waals surface area contributed by atoms with Crippen LogP contribution in [0.5, 0.6) is 0 Å². The SMILES string of the molecule is CCCNC(C)/C(C)=C/c1cc2c(C)nn(C)c2nc1Cl. The lowest BCUT2D eigenvalue weighted by atomic mass is 10.1. The van der Waals surface area contributed by atoms with Gasteiger partial charge < -0.3 is 5.32 Å². The van der Waals surface area contributed by atoms with E-state index >= 15 is 0 Å². The number of fused-ring (bicyclic) bond motifs is 1. The Balaban J connectivity index is 2.37. The smallest absolute Gasteiger partial charge is 0.159 e. The maximum Gasteiger partial charge on any atom is 0.159 e. The fourth-order valence-corrected chi connectivity index (χ4v) is 2.52. The zero-order chi connectivity index (χ0) is 15.6. The summed E-state index contributed by atoms with van der Waals surface area (Å²) < 4.78 is 1.77. The summed E-state index contributed by atoms with van der Waals surface area (Å²) in [5, 5.41) is 9.44. The fraction of sp³-hybridized carbons (Fsp3) is 0.500. The van der Waals surface area contributed by atoms with Gasteiger partial charge >= 0.3 is 0 Å². The Morgan fingerprint density at radius 1 is 1.52 bits per heavy atom. The minimum Gasteiger partial charge on any atom is -0.311 e. The lowest BCUT2D eigenvalue weighted by Gasteiger charge is -2.14. The molecule has 4 nitrogen and oxygen atoms in total. The molecule has 21 heavy (non-hydrogen) atoms. The minimum atomic E-state index is 0.326. The summed E-state index contributed by atoms with van der Waals surface area (Å²) in [5.74, 6) is 0. The number of nitrogens with one attached hydrogen (secondary N) is 1. The Kier molecular flexibility index (Phi) is 5.01. The summed E-state index contributed by atoms with van der Waals surface area (Å²) >= 11 is 6.32. The predicted octanol–water partition coefficient (Wildman–Crippen LogP) is 3.72. The lowest BCUT2D eigenvalue weighted by Crippen LogP contribution is -2.27. The van der Waals surface area contributed by atoms with Gasteiger partial charge in [-0.25, -0.2) is 4.98 Å². The van der Waals surface area contributed by atoms with Crippen molar-refractivity contribution in [3.8, 4) is 0 Å². The van der Waals surface area contributed by atoms with Crippen LogP contribution in [-0.4, -0.2) is 27.4 Å². The fourth-order valence-electron chi connectivity index (χ4n) is 2.33. The summed E-state index contributed by atoms with van der Waals surface area (Å²) in [6, 6.07) is 2.40. The van der Waals surface area contributed by atoms with E-state index in [0.29, 0.717) is 11.2 Å². The first-order valence-corrected chi connectivity index (χ1v) is 7.73. The molecule has 1 unspecified atom stereocenters. The molecule has 2 aromatic heterocycles. The minimum absolute atomic E-state index is 0.326. The van der Waals surface area contributed by atoms with Gasteiger partial charge in [-0.3, -0.25) is 4.68 Å². The molecule has 0 saturated heterocycles. The van der Waals surface area contributed by atoms with Crippen LogP contribution in [0.2, 0.25) is 5.15 Å². The first-order valence-electron chi connectivity index (χ1n) is 7.35. The van der Waals surface area contributed by atoms with Gasteiger partial charge in [0.05, 0.1) is 5.69 Å². The van der Waals surface area contributed by atoms with Gasteiger partial charge in [0.2, 0.25) is 0 Å². The van der Waals surface area contributed by atoms with Crippen LogP contribution in [-0.2, 0) is 7.05 Å². The molecule has 114 valence electrons. The van der Waals surface area contributed by atoms with E-state index in [2.05, 4.69) is 48.3 Å². The van der Waals surface area contributed by atoms with Crippen molar-refractivity contribution in [3.63, 3.8) is 0 Å². The Morgan fingerprint density at radius 3 is 2.90 bits per heavy atom. The van der Waals surface area contributed by atoms with Crippen molar-refractivity contribution in [1.82, 2.24) is 20.1 Å². The summed E-state index contributed by atoms with van der Waals surface area (Å²) in [6.45, 7) is 9.45. The molecular formula is C16H23ClN4. The van der Waals surface area contributed by atoms with E-state index in [0.717, 1.165) is 35.3 Å². The van der Waals surface area contributed by atoms with E-state index in [4.69, 9.17) is 11.6 Å². The van der Waals surface area contributed by atoms with E-state index in [1.165, 1.54) is 5.57 Å². The van der Waals surface area contributed by atoms with Crippen LogP contribution in [0, 0.1) is 6.92 Å². The van der Waals surface area contributed by atoms with E-state index in [1.807, 2.05) is 14.0 Å². The van der Waals surface area contributed by atoms with Gasteiger partial charge in [0.25, 0.3) is 0 Å². The molecule has 5 heteroatoms. The highest BCUT2D eigenvalue weighted by molar-refractivity contribution is 6.31. The molecule has 1 N–H and O–H groups in total. The molecular weight excluding hydrogens is 284 g/mol. The molecule has 0 bridgehead atoms. The molecule has 0 fully saturated rings. The van der Waals surface area contributed by atoms with Crippen LogP contribution in [0.3, 0.4) is 0 Å². The molecule has 0 radical (unpaired) electrons. The zero-order valence-corrected chi connectivity index (χ0v) is 14.1. The van der Waals surface area contributed by atoms with Gasteiger partial charge in [-0.05, 0) is 39.8 Å². The molecule has 0 amide bonds. The van der Waals surface area contributed by atoms with Gasteiger partial charge in [0.1, 0.15) is 5.15 Å². The average Bonchev–Trinajstić information content (AvgIpc) is 2.71. The zero-order valence-electron chi connectivity index (χ0n) is 13.4. The Bertz CT molecular complexity index is 672. The van der Waals surface area contributed by atoms with Gasteiger partial charge in [-0.2, -0.15) is 5.10 Å². The van der Waals surface area contributed by atoms with E-state index < -0.39 is 0 Å². The second-order valence-corrected chi connectivity index (χ2v) is 5.87. The monoisotopic (exact) mass is 306 g/mol. The number of hydrogen-bond acceptors (Lipinski definition) is 3. The third-order valence-electron chi connectivity index (χ3n) is 3.75. The highest BCUT2D eigenvalue weighted by atomic mass is 35.5. The molecule has 0 saturated carbocycles. The molecule has 1 atom stereocenters. The summed E-state index contributed by atoms with van der Waals surface area (Å²) in [7, 11) is 1.89. The Morgan fingerprint density at radius 2 is 2.24 bits per heavy atom. The molecule has 0 aliphatic heterocycles. The van der Waals surface area contributed by atoms with Crippen LogP contribution in [0.15, 0.2) is 11.6 Å². The first kappa shape index (κ1) is 16.0. The van der Waals surface area contributed by atoms with Crippen LogP contribution < -0.4 is 5.32 Å². The maximum absolute atomic E-state index is 6.32.